The van der Waals surface area contributed by atoms with Crippen LogP contribution in [0.1, 0.15) is 27.4 Å². The highest BCUT2D eigenvalue weighted by atomic mass is 35.5. The second-order valence-electron chi connectivity index (χ2n) is 5.45. The number of amides is 1. The van der Waals surface area contributed by atoms with Crippen molar-refractivity contribution in [2.45, 2.75) is 13.8 Å². The molecular formula is C16H14ClN3O4S. The van der Waals surface area contributed by atoms with Crippen LogP contribution in [-0.4, -0.2) is 33.2 Å². The molecule has 2 heterocycles. The Hall–Kier alpha value is -2.32. The number of nitrogens with zero attached hydrogens (tertiary/aromatic N) is 3. The number of carbonyl (C=O) groups excluding carboxylic acids is 1. The van der Waals surface area contributed by atoms with Gasteiger partial charge >= 0.3 is 0 Å². The molecule has 0 unspecified atom stereocenters. The minimum atomic E-state index is -0.599. The summed E-state index contributed by atoms with van der Waals surface area (Å²) in [6.45, 7) is 4.16. The summed E-state index contributed by atoms with van der Waals surface area (Å²) < 4.78 is 5.14. The molecule has 3 rings (SSSR count). The number of aromatic nitrogens is 1. The van der Waals surface area contributed by atoms with Gasteiger partial charge in [-0.05, 0) is 32.1 Å². The van der Waals surface area contributed by atoms with Crippen LogP contribution in [0.4, 0.5) is 5.69 Å². The molecule has 0 saturated carbocycles. The lowest BCUT2D eigenvalue weighted by Gasteiger charge is -2.17. The van der Waals surface area contributed by atoms with Crippen molar-refractivity contribution in [1.29, 1.82) is 0 Å². The predicted molar refractivity (Wildman–Crippen MR) is 95.6 cm³/mol. The van der Waals surface area contributed by atoms with Gasteiger partial charge in [-0.3, -0.25) is 14.9 Å². The van der Waals surface area contributed by atoms with Crippen LogP contribution in [0, 0.1) is 24.0 Å². The van der Waals surface area contributed by atoms with E-state index in [1.807, 2.05) is 13.0 Å². The summed E-state index contributed by atoms with van der Waals surface area (Å²) in [5, 5.41) is 15.7. The van der Waals surface area contributed by atoms with Gasteiger partial charge in [0.05, 0.1) is 15.6 Å². The molecule has 1 saturated heterocycles. The molecule has 0 N–H and O–H groups in total. The van der Waals surface area contributed by atoms with Gasteiger partial charge in [0.2, 0.25) is 0 Å². The zero-order valence-electron chi connectivity index (χ0n) is 13.5. The van der Waals surface area contributed by atoms with E-state index in [1.54, 1.807) is 11.8 Å². The first-order valence-electron chi connectivity index (χ1n) is 7.41. The van der Waals surface area contributed by atoms with Crippen LogP contribution in [-0.2, 0) is 0 Å². The number of aryl methyl sites for hydroxylation is 2. The van der Waals surface area contributed by atoms with Crippen molar-refractivity contribution in [2.24, 2.45) is 0 Å². The molecule has 0 radical (unpaired) electrons. The molecule has 7 nitrogen and oxygen atoms in total. The highest BCUT2D eigenvalue weighted by molar-refractivity contribution is 8.03. The maximum atomic E-state index is 12.8. The number of hydrogen-bond donors (Lipinski definition) is 0. The molecule has 0 aliphatic carbocycles. The molecule has 1 aliphatic heterocycles. The van der Waals surface area contributed by atoms with Crippen LogP contribution >= 0.6 is 23.4 Å². The lowest BCUT2D eigenvalue weighted by Crippen LogP contribution is -2.26. The molecule has 1 aliphatic rings. The summed E-state index contributed by atoms with van der Waals surface area (Å²) in [6, 6.07) is 4.07. The van der Waals surface area contributed by atoms with Gasteiger partial charge < -0.3 is 9.42 Å². The number of benzene rings is 1. The van der Waals surface area contributed by atoms with Crippen molar-refractivity contribution in [3.8, 4) is 0 Å². The normalized spacial score (nSPS) is 15.8. The van der Waals surface area contributed by atoms with Gasteiger partial charge in [0, 0.05) is 29.5 Å². The quantitative estimate of drug-likeness (QED) is 0.590. The number of nitro benzene ring substituents is 1. The third kappa shape index (κ3) is 3.40. The molecule has 130 valence electrons. The van der Waals surface area contributed by atoms with Gasteiger partial charge in [0.25, 0.3) is 11.6 Å². The van der Waals surface area contributed by atoms with Crippen molar-refractivity contribution in [3.05, 3.63) is 60.9 Å². The Kier molecular flexibility index (Phi) is 4.82. The van der Waals surface area contributed by atoms with Crippen LogP contribution in [0.5, 0.6) is 0 Å². The topological polar surface area (TPSA) is 89.5 Å². The third-order valence-electron chi connectivity index (χ3n) is 3.82. The standard InChI is InChI=1S/C16H14ClN3O4S/c1-9-12(10(2)24-18-9)8-15-19(5-6-25-15)16(21)11-3-4-13(17)14(7-11)20(22)23/h3-4,7-8H,5-6H2,1-2H3/b15-8+. The third-order valence-corrected chi connectivity index (χ3v) is 5.16. The van der Waals surface area contributed by atoms with Crippen molar-refractivity contribution in [2.75, 3.05) is 12.3 Å². The van der Waals surface area contributed by atoms with Crippen molar-refractivity contribution < 1.29 is 14.2 Å². The lowest BCUT2D eigenvalue weighted by atomic mass is 10.1. The Balaban J connectivity index is 1.94. The maximum Gasteiger partial charge on any atom is 0.288 e. The Morgan fingerprint density at radius 2 is 2.24 bits per heavy atom. The molecule has 0 atom stereocenters. The molecule has 9 heteroatoms. The van der Waals surface area contributed by atoms with Gasteiger partial charge in [-0.15, -0.1) is 11.8 Å². The lowest BCUT2D eigenvalue weighted by molar-refractivity contribution is -0.384. The minimum Gasteiger partial charge on any atom is -0.361 e. The van der Waals surface area contributed by atoms with E-state index in [2.05, 4.69) is 5.16 Å². The molecule has 0 bridgehead atoms. The SMILES string of the molecule is Cc1noc(C)c1/C=C1/SCCN1C(=O)c1ccc(Cl)c([N+](=O)[O-])c1. The molecule has 1 amide bonds. The summed E-state index contributed by atoms with van der Waals surface area (Å²) in [4.78, 5) is 24.8. The highest BCUT2D eigenvalue weighted by Gasteiger charge is 2.27. The maximum absolute atomic E-state index is 12.8. The van der Waals surface area contributed by atoms with E-state index >= 15 is 0 Å². The van der Waals surface area contributed by atoms with E-state index in [9.17, 15) is 14.9 Å². The average molecular weight is 380 g/mol. The van der Waals surface area contributed by atoms with Gasteiger partial charge in [0.15, 0.2) is 0 Å². The van der Waals surface area contributed by atoms with E-state index in [1.165, 1.54) is 30.0 Å². The number of hydrogen-bond acceptors (Lipinski definition) is 6. The zero-order valence-corrected chi connectivity index (χ0v) is 15.1. The molecule has 1 aromatic heterocycles. The highest BCUT2D eigenvalue weighted by Crippen LogP contribution is 2.33. The Morgan fingerprint density at radius 3 is 2.88 bits per heavy atom. The fraction of sp³-hybridized carbons (Fsp3) is 0.250. The van der Waals surface area contributed by atoms with Crippen LogP contribution < -0.4 is 0 Å². The number of halogens is 1. The smallest absolute Gasteiger partial charge is 0.288 e. The van der Waals surface area contributed by atoms with Gasteiger partial charge in [0.1, 0.15) is 10.8 Å². The molecule has 1 fully saturated rings. The van der Waals surface area contributed by atoms with Crippen LogP contribution in [0.2, 0.25) is 5.02 Å². The first kappa shape index (κ1) is 17.5. The second-order valence-corrected chi connectivity index (χ2v) is 6.97. The first-order chi connectivity index (χ1) is 11.9. The average Bonchev–Trinajstić information content (AvgIpc) is 3.16. The van der Waals surface area contributed by atoms with Gasteiger partial charge in [-0.25, -0.2) is 0 Å². The van der Waals surface area contributed by atoms with Crippen molar-refractivity contribution in [1.82, 2.24) is 10.1 Å². The van der Waals surface area contributed by atoms with E-state index < -0.39 is 4.92 Å². The Morgan fingerprint density at radius 1 is 1.48 bits per heavy atom. The number of carbonyl (C=O) groups is 1. The minimum absolute atomic E-state index is 0.00355. The first-order valence-corrected chi connectivity index (χ1v) is 8.78. The van der Waals surface area contributed by atoms with Gasteiger partial charge in [-0.2, -0.15) is 0 Å². The summed E-state index contributed by atoms with van der Waals surface area (Å²) in [5.74, 6) is 1.12. The van der Waals surface area contributed by atoms with E-state index in [0.29, 0.717) is 12.3 Å². The zero-order chi connectivity index (χ0) is 18.1. The summed E-state index contributed by atoms with van der Waals surface area (Å²) in [5.41, 5.74) is 1.52. The van der Waals surface area contributed by atoms with Crippen LogP contribution in [0.25, 0.3) is 6.08 Å². The summed E-state index contributed by atoms with van der Waals surface area (Å²) in [6.07, 6.45) is 1.86. The monoisotopic (exact) mass is 379 g/mol. The fourth-order valence-electron chi connectivity index (χ4n) is 2.51. The summed E-state index contributed by atoms with van der Waals surface area (Å²) >= 11 is 7.35. The molecule has 1 aromatic carbocycles. The van der Waals surface area contributed by atoms with E-state index in [4.69, 9.17) is 16.1 Å². The second kappa shape index (κ2) is 6.89. The van der Waals surface area contributed by atoms with Gasteiger partial charge in [-0.1, -0.05) is 16.8 Å². The number of rotatable bonds is 3. The van der Waals surface area contributed by atoms with Crippen molar-refractivity contribution >= 4 is 41.0 Å². The largest absolute Gasteiger partial charge is 0.361 e. The fourth-order valence-corrected chi connectivity index (χ4v) is 3.71. The predicted octanol–water partition coefficient (Wildman–Crippen LogP) is 4.04. The molecule has 25 heavy (non-hydrogen) atoms. The Bertz CT molecular complexity index is 874. The van der Waals surface area contributed by atoms with Crippen molar-refractivity contribution in [3.63, 3.8) is 0 Å². The molecular weight excluding hydrogens is 366 g/mol. The number of nitro groups is 1. The van der Waals surface area contributed by atoms with E-state index in [0.717, 1.165) is 22.0 Å². The van der Waals surface area contributed by atoms with E-state index in [-0.39, 0.29) is 22.2 Å². The Labute approximate surface area is 152 Å². The van der Waals surface area contributed by atoms with Crippen LogP contribution in [0.15, 0.2) is 27.8 Å². The summed E-state index contributed by atoms with van der Waals surface area (Å²) in [7, 11) is 0. The molecule has 2 aromatic rings. The molecule has 0 spiro atoms. The van der Waals surface area contributed by atoms with Crippen LogP contribution in [0.3, 0.4) is 0 Å². The number of thioether (sulfide) groups is 1.